The molecule has 0 aromatic heterocycles. The van der Waals surface area contributed by atoms with Crippen molar-refractivity contribution in [1.29, 1.82) is 0 Å². The fourth-order valence-corrected chi connectivity index (χ4v) is 7.76. The highest BCUT2D eigenvalue weighted by atomic mass is 32.2. The predicted molar refractivity (Wildman–Crippen MR) is 133 cm³/mol. The Labute approximate surface area is 204 Å². The van der Waals surface area contributed by atoms with Crippen LogP contribution in [-0.4, -0.2) is 44.7 Å². The van der Waals surface area contributed by atoms with E-state index in [-0.39, 0.29) is 28.0 Å². The van der Waals surface area contributed by atoms with Gasteiger partial charge in [-0.05, 0) is 99.3 Å². The number of rotatable bonds is 7. The maximum atomic E-state index is 13.6. The van der Waals surface area contributed by atoms with Crippen molar-refractivity contribution in [3.63, 3.8) is 0 Å². The van der Waals surface area contributed by atoms with Gasteiger partial charge in [0.2, 0.25) is 21.8 Å². The number of hydrogen-bond donors (Lipinski definition) is 2. The monoisotopic (exact) mass is 489 g/mol. The summed E-state index contributed by atoms with van der Waals surface area (Å²) in [5, 5.41) is 6.04. The van der Waals surface area contributed by atoms with Crippen LogP contribution in [0.15, 0.2) is 17.0 Å². The summed E-state index contributed by atoms with van der Waals surface area (Å²) in [7, 11) is -0.676. The number of carbonyl (C=O) groups is 2. The molecule has 4 fully saturated rings. The Hall–Kier alpha value is -1.93. The van der Waals surface area contributed by atoms with E-state index in [0.717, 1.165) is 34.7 Å². The molecule has 4 saturated carbocycles. The molecule has 2 N–H and O–H groups in total. The molecule has 8 heteroatoms. The van der Waals surface area contributed by atoms with E-state index in [1.54, 1.807) is 6.07 Å². The van der Waals surface area contributed by atoms with Crippen LogP contribution in [0.1, 0.15) is 63.5 Å². The summed E-state index contributed by atoms with van der Waals surface area (Å²) >= 11 is 0. The van der Waals surface area contributed by atoms with Crippen LogP contribution in [0.4, 0.5) is 5.69 Å². The van der Waals surface area contributed by atoms with Crippen molar-refractivity contribution in [3.05, 3.63) is 23.3 Å². The Morgan fingerprint density at radius 1 is 1.00 bits per heavy atom. The second-order valence-corrected chi connectivity index (χ2v) is 13.7. The maximum absolute atomic E-state index is 13.6. The van der Waals surface area contributed by atoms with Crippen molar-refractivity contribution in [2.45, 2.75) is 77.2 Å². The SMILES string of the molecule is Cc1cc(S(=O)(=O)N(C)C)cc(NC(=O)C(NC(=O)C23CC4CC(CC(C4)C2)C3)C(C)C)c1C. The molecule has 188 valence electrons. The van der Waals surface area contributed by atoms with Crippen LogP contribution in [0.25, 0.3) is 0 Å². The topological polar surface area (TPSA) is 95.6 Å². The van der Waals surface area contributed by atoms with Crippen molar-refractivity contribution in [2.75, 3.05) is 19.4 Å². The molecule has 1 aromatic rings. The molecule has 0 aliphatic heterocycles. The highest BCUT2D eigenvalue weighted by molar-refractivity contribution is 7.89. The van der Waals surface area contributed by atoms with Crippen molar-refractivity contribution >= 4 is 27.5 Å². The van der Waals surface area contributed by atoms with E-state index < -0.39 is 16.1 Å². The van der Waals surface area contributed by atoms with Gasteiger partial charge in [0.05, 0.1) is 4.90 Å². The first-order valence-corrected chi connectivity index (χ1v) is 13.9. The maximum Gasteiger partial charge on any atom is 0.247 e. The van der Waals surface area contributed by atoms with Gasteiger partial charge in [-0.25, -0.2) is 12.7 Å². The molecule has 0 saturated heterocycles. The summed E-state index contributed by atoms with van der Waals surface area (Å²) in [6, 6.07) is 2.44. The van der Waals surface area contributed by atoms with Gasteiger partial charge in [-0.3, -0.25) is 9.59 Å². The van der Waals surface area contributed by atoms with Crippen LogP contribution in [0, 0.1) is 42.9 Å². The summed E-state index contributed by atoms with van der Waals surface area (Å²) in [4.78, 5) is 27.1. The lowest BCUT2D eigenvalue weighted by Crippen LogP contribution is -2.57. The fourth-order valence-electron chi connectivity index (χ4n) is 6.74. The molecule has 2 amide bonds. The summed E-state index contributed by atoms with van der Waals surface area (Å²) in [6.07, 6.45) is 6.60. The van der Waals surface area contributed by atoms with Crippen LogP contribution in [0.5, 0.6) is 0 Å². The quantitative estimate of drug-likeness (QED) is 0.608. The smallest absolute Gasteiger partial charge is 0.247 e. The molecule has 4 aliphatic rings. The fraction of sp³-hybridized carbons (Fsp3) is 0.692. The average Bonchev–Trinajstić information content (AvgIpc) is 2.73. The minimum Gasteiger partial charge on any atom is -0.344 e. The zero-order chi connectivity index (χ0) is 25.0. The van der Waals surface area contributed by atoms with Crippen LogP contribution in [0.3, 0.4) is 0 Å². The van der Waals surface area contributed by atoms with Gasteiger partial charge in [-0.1, -0.05) is 13.8 Å². The minimum absolute atomic E-state index is 0.0253. The number of sulfonamides is 1. The Morgan fingerprint density at radius 3 is 2.00 bits per heavy atom. The molecule has 7 nitrogen and oxygen atoms in total. The largest absolute Gasteiger partial charge is 0.344 e. The van der Waals surface area contributed by atoms with Gasteiger partial charge in [0.25, 0.3) is 0 Å². The summed E-state index contributed by atoms with van der Waals surface area (Å²) in [5.41, 5.74) is 1.71. The molecule has 5 rings (SSSR count). The second kappa shape index (κ2) is 8.94. The summed E-state index contributed by atoms with van der Waals surface area (Å²) < 4.78 is 26.5. The Bertz CT molecular complexity index is 1060. The van der Waals surface area contributed by atoms with E-state index in [2.05, 4.69) is 10.6 Å². The summed E-state index contributed by atoms with van der Waals surface area (Å²) in [6.45, 7) is 7.54. The van der Waals surface area contributed by atoms with E-state index in [0.29, 0.717) is 23.4 Å². The first kappa shape index (κ1) is 25.2. The number of nitrogens with zero attached hydrogens (tertiary/aromatic N) is 1. The third kappa shape index (κ3) is 4.51. The number of nitrogens with one attached hydrogen (secondary N) is 2. The molecule has 34 heavy (non-hydrogen) atoms. The number of benzene rings is 1. The van der Waals surface area contributed by atoms with Crippen molar-refractivity contribution < 1.29 is 18.0 Å². The lowest BCUT2D eigenvalue weighted by molar-refractivity contribution is -0.148. The van der Waals surface area contributed by atoms with Gasteiger partial charge in [0.1, 0.15) is 6.04 Å². The third-order valence-electron chi connectivity index (χ3n) is 8.43. The minimum atomic E-state index is -3.64. The molecule has 1 unspecified atom stereocenters. The van der Waals surface area contributed by atoms with Crippen molar-refractivity contribution in [2.24, 2.45) is 29.1 Å². The highest BCUT2D eigenvalue weighted by Crippen LogP contribution is 2.60. The molecule has 4 aliphatic carbocycles. The Morgan fingerprint density at radius 2 is 1.53 bits per heavy atom. The zero-order valence-corrected chi connectivity index (χ0v) is 22.1. The van der Waals surface area contributed by atoms with E-state index in [1.165, 1.54) is 39.4 Å². The summed E-state index contributed by atoms with van der Waals surface area (Å²) in [5.74, 6) is 1.56. The molecule has 1 aromatic carbocycles. The Kier molecular flexibility index (Phi) is 6.62. The van der Waals surface area contributed by atoms with Crippen LogP contribution in [0.2, 0.25) is 0 Å². The van der Waals surface area contributed by atoms with Gasteiger partial charge in [-0.2, -0.15) is 0 Å². The number of aryl methyl sites for hydroxylation is 1. The molecule has 4 bridgehead atoms. The number of anilines is 1. The highest BCUT2D eigenvalue weighted by Gasteiger charge is 2.55. The van der Waals surface area contributed by atoms with Crippen LogP contribution < -0.4 is 10.6 Å². The molecule has 0 spiro atoms. The van der Waals surface area contributed by atoms with Crippen LogP contribution >= 0.6 is 0 Å². The van der Waals surface area contributed by atoms with Crippen LogP contribution in [-0.2, 0) is 19.6 Å². The van der Waals surface area contributed by atoms with Crippen molar-refractivity contribution in [3.8, 4) is 0 Å². The van der Waals surface area contributed by atoms with Gasteiger partial charge < -0.3 is 10.6 Å². The van der Waals surface area contributed by atoms with Crippen molar-refractivity contribution in [1.82, 2.24) is 9.62 Å². The molecule has 0 heterocycles. The molecule has 1 atom stereocenters. The van der Waals surface area contributed by atoms with Gasteiger partial charge in [0.15, 0.2) is 0 Å². The van der Waals surface area contributed by atoms with Gasteiger partial charge in [-0.15, -0.1) is 0 Å². The zero-order valence-electron chi connectivity index (χ0n) is 21.3. The predicted octanol–water partition coefficient (Wildman–Crippen LogP) is 3.85. The van der Waals surface area contributed by atoms with E-state index in [9.17, 15) is 18.0 Å². The Balaban J connectivity index is 1.54. The normalized spacial score (nSPS) is 28.9. The van der Waals surface area contributed by atoms with E-state index in [1.807, 2.05) is 27.7 Å². The molecular formula is C26H39N3O4S. The lowest BCUT2D eigenvalue weighted by atomic mass is 9.49. The molecule has 0 radical (unpaired) electrons. The van der Waals surface area contributed by atoms with E-state index in [4.69, 9.17) is 0 Å². The number of hydrogen-bond acceptors (Lipinski definition) is 4. The second-order valence-electron chi connectivity index (χ2n) is 11.6. The third-order valence-corrected chi connectivity index (χ3v) is 10.2. The first-order chi connectivity index (χ1) is 15.8. The number of amides is 2. The lowest BCUT2D eigenvalue weighted by Gasteiger charge is -2.55. The standard InChI is InChI=1S/C26H39N3O4S/c1-15(2)23(28-25(31)26-12-18-8-19(13-26)10-20(9-18)14-26)24(30)27-22-11-21(7-16(3)17(22)4)34(32,33)29(5)6/h7,11,15,18-20,23H,8-10,12-14H2,1-6H3,(H,27,30)(H,28,31). The molecular weight excluding hydrogens is 450 g/mol. The average molecular weight is 490 g/mol. The van der Waals surface area contributed by atoms with Gasteiger partial charge in [0, 0.05) is 25.2 Å². The number of carbonyl (C=O) groups excluding carboxylic acids is 2. The van der Waals surface area contributed by atoms with E-state index >= 15 is 0 Å². The first-order valence-electron chi connectivity index (χ1n) is 12.5. The van der Waals surface area contributed by atoms with Gasteiger partial charge >= 0.3 is 0 Å².